The Labute approximate surface area is 157 Å². The largest absolute Gasteiger partial charge is 0.335 e. The van der Waals surface area contributed by atoms with E-state index < -0.39 is 46.6 Å². The molecule has 1 atom stereocenters. The Balaban J connectivity index is 1.91. The Hall–Kier alpha value is -2.77. The van der Waals surface area contributed by atoms with E-state index in [1.165, 1.54) is 0 Å². The number of Topliss-reactive ketones (excluding diaryl/α,β-unsaturated/α-hetero) is 1. The number of benzene rings is 2. The van der Waals surface area contributed by atoms with Gasteiger partial charge < -0.3 is 4.90 Å². The first-order valence-corrected chi connectivity index (χ1v) is 8.73. The Morgan fingerprint density at radius 1 is 0.857 bits per heavy atom. The fourth-order valence-electron chi connectivity index (χ4n) is 3.37. The molecule has 1 unspecified atom stereocenters. The summed E-state index contributed by atoms with van der Waals surface area (Å²) in [4.78, 5) is 26.1. The molecule has 0 aromatic heterocycles. The summed E-state index contributed by atoms with van der Waals surface area (Å²) < 4.78 is 68.2. The zero-order valence-electron chi connectivity index (χ0n) is 14.7. The number of halogens is 5. The standard InChI is InChI=1S/C20H16F5NO2/c21-15-14(16(22)18(24)19(25)17(15)23)20(28)26-9-5-4-8-12(26)10-13(27)11-6-2-1-3-7-11/h1-3,6-7,12H,4-5,8-10H2. The first-order valence-electron chi connectivity index (χ1n) is 8.73. The summed E-state index contributed by atoms with van der Waals surface area (Å²) in [5.74, 6) is -12.6. The molecule has 0 N–H and O–H groups in total. The van der Waals surface area contributed by atoms with Crippen molar-refractivity contribution in [2.24, 2.45) is 0 Å². The van der Waals surface area contributed by atoms with Gasteiger partial charge in [0, 0.05) is 24.6 Å². The van der Waals surface area contributed by atoms with Gasteiger partial charge in [-0.25, -0.2) is 22.0 Å². The molecule has 1 aliphatic rings. The van der Waals surface area contributed by atoms with Crippen LogP contribution in [0.5, 0.6) is 0 Å². The number of nitrogens with zero attached hydrogens (tertiary/aromatic N) is 1. The van der Waals surface area contributed by atoms with E-state index >= 15 is 0 Å². The number of hydrogen-bond donors (Lipinski definition) is 0. The summed E-state index contributed by atoms with van der Waals surface area (Å²) in [6.45, 7) is 0.0606. The summed E-state index contributed by atoms with van der Waals surface area (Å²) >= 11 is 0. The minimum Gasteiger partial charge on any atom is -0.335 e. The lowest BCUT2D eigenvalue weighted by atomic mass is 9.94. The summed E-state index contributed by atoms with van der Waals surface area (Å²) in [5, 5.41) is 0. The maximum Gasteiger partial charge on any atom is 0.260 e. The molecule has 2 aromatic carbocycles. The van der Waals surface area contributed by atoms with Crippen molar-refractivity contribution in [2.75, 3.05) is 6.54 Å². The summed E-state index contributed by atoms with van der Waals surface area (Å²) in [6, 6.07) is 7.58. The number of amides is 1. The van der Waals surface area contributed by atoms with E-state index in [9.17, 15) is 31.5 Å². The van der Waals surface area contributed by atoms with E-state index in [0.717, 1.165) is 4.90 Å². The van der Waals surface area contributed by atoms with Crippen LogP contribution in [0.4, 0.5) is 22.0 Å². The predicted octanol–water partition coefficient (Wildman–Crippen LogP) is 4.65. The predicted molar refractivity (Wildman–Crippen MR) is 90.3 cm³/mol. The average molecular weight is 397 g/mol. The van der Waals surface area contributed by atoms with Crippen molar-refractivity contribution in [3.63, 3.8) is 0 Å². The lowest BCUT2D eigenvalue weighted by Gasteiger charge is -2.35. The van der Waals surface area contributed by atoms with Gasteiger partial charge >= 0.3 is 0 Å². The number of rotatable bonds is 4. The maximum absolute atomic E-state index is 14.0. The molecule has 28 heavy (non-hydrogen) atoms. The molecule has 0 bridgehead atoms. The van der Waals surface area contributed by atoms with Crippen LogP contribution in [0.25, 0.3) is 0 Å². The van der Waals surface area contributed by atoms with Crippen LogP contribution in [0.1, 0.15) is 46.4 Å². The smallest absolute Gasteiger partial charge is 0.260 e. The molecule has 3 rings (SSSR count). The van der Waals surface area contributed by atoms with Crippen LogP contribution < -0.4 is 0 Å². The molecular formula is C20H16F5NO2. The minimum atomic E-state index is -2.32. The quantitative estimate of drug-likeness (QED) is 0.326. The summed E-state index contributed by atoms with van der Waals surface area (Å²) in [5.41, 5.74) is -1.08. The SMILES string of the molecule is O=C(CC1CCCCN1C(=O)c1c(F)c(F)c(F)c(F)c1F)c1ccccc1. The third-order valence-corrected chi connectivity index (χ3v) is 4.83. The first kappa shape index (κ1) is 20.0. The normalized spacial score (nSPS) is 16.9. The van der Waals surface area contributed by atoms with Gasteiger partial charge in [-0.3, -0.25) is 9.59 Å². The van der Waals surface area contributed by atoms with E-state index in [4.69, 9.17) is 0 Å². The number of likely N-dealkylation sites (tertiary alicyclic amines) is 1. The van der Waals surface area contributed by atoms with Crippen LogP contribution in [-0.2, 0) is 0 Å². The molecule has 0 radical (unpaired) electrons. The highest BCUT2D eigenvalue weighted by Gasteiger charge is 2.36. The molecule has 0 spiro atoms. The van der Waals surface area contributed by atoms with Crippen LogP contribution >= 0.6 is 0 Å². The second-order valence-electron chi connectivity index (χ2n) is 6.59. The second-order valence-corrected chi connectivity index (χ2v) is 6.59. The molecule has 1 heterocycles. The van der Waals surface area contributed by atoms with Gasteiger partial charge in [-0.05, 0) is 19.3 Å². The van der Waals surface area contributed by atoms with Gasteiger partial charge in [0.1, 0.15) is 5.56 Å². The molecule has 1 amide bonds. The van der Waals surface area contributed by atoms with E-state index in [0.29, 0.717) is 24.8 Å². The number of carbonyl (C=O) groups is 2. The Morgan fingerprint density at radius 3 is 2.04 bits per heavy atom. The van der Waals surface area contributed by atoms with Crippen LogP contribution in [0.15, 0.2) is 30.3 Å². The first-order chi connectivity index (χ1) is 13.3. The molecule has 148 valence electrons. The van der Waals surface area contributed by atoms with Crippen LogP contribution in [0.3, 0.4) is 0 Å². The number of carbonyl (C=O) groups excluding carboxylic acids is 2. The number of hydrogen-bond acceptors (Lipinski definition) is 2. The zero-order valence-corrected chi connectivity index (χ0v) is 14.7. The van der Waals surface area contributed by atoms with Gasteiger partial charge in [0.25, 0.3) is 5.91 Å². The van der Waals surface area contributed by atoms with Crippen molar-refractivity contribution < 1.29 is 31.5 Å². The number of piperidine rings is 1. The van der Waals surface area contributed by atoms with Gasteiger partial charge in [-0.2, -0.15) is 0 Å². The molecule has 8 heteroatoms. The van der Waals surface area contributed by atoms with Crippen molar-refractivity contribution in [3.05, 3.63) is 70.5 Å². The number of ketones is 1. The van der Waals surface area contributed by atoms with Crippen LogP contribution in [0.2, 0.25) is 0 Å². The van der Waals surface area contributed by atoms with Crippen LogP contribution in [0, 0.1) is 29.1 Å². The Kier molecular flexibility index (Phi) is 5.76. The van der Waals surface area contributed by atoms with Crippen molar-refractivity contribution in [2.45, 2.75) is 31.7 Å². The lowest BCUT2D eigenvalue weighted by Crippen LogP contribution is -2.45. The van der Waals surface area contributed by atoms with Crippen molar-refractivity contribution in [3.8, 4) is 0 Å². The van der Waals surface area contributed by atoms with E-state index in [-0.39, 0.29) is 18.7 Å². The zero-order chi connectivity index (χ0) is 20.4. The monoisotopic (exact) mass is 397 g/mol. The topological polar surface area (TPSA) is 37.4 Å². The third kappa shape index (κ3) is 3.63. The van der Waals surface area contributed by atoms with E-state index in [2.05, 4.69) is 0 Å². The second kappa shape index (κ2) is 8.08. The summed E-state index contributed by atoms with van der Waals surface area (Å²) in [7, 11) is 0. The molecule has 0 aliphatic carbocycles. The molecule has 1 fully saturated rings. The highest BCUT2D eigenvalue weighted by molar-refractivity contribution is 5.98. The maximum atomic E-state index is 14.0. The van der Waals surface area contributed by atoms with Gasteiger partial charge in [0.2, 0.25) is 5.82 Å². The highest BCUT2D eigenvalue weighted by atomic mass is 19.2. The van der Waals surface area contributed by atoms with Gasteiger partial charge in [-0.15, -0.1) is 0 Å². The van der Waals surface area contributed by atoms with Gasteiger partial charge in [-0.1, -0.05) is 30.3 Å². The van der Waals surface area contributed by atoms with Gasteiger partial charge in [0.05, 0.1) is 0 Å². The molecule has 3 nitrogen and oxygen atoms in total. The Morgan fingerprint density at radius 2 is 1.43 bits per heavy atom. The lowest BCUT2D eigenvalue weighted by molar-refractivity contribution is 0.0576. The van der Waals surface area contributed by atoms with E-state index in [1.54, 1.807) is 30.3 Å². The molecule has 2 aromatic rings. The molecule has 0 saturated carbocycles. The van der Waals surface area contributed by atoms with E-state index in [1.807, 2.05) is 0 Å². The van der Waals surface area contributed by atoms with Crippen LogP contribution in [-0.4, -0.2) is 29.2 Å². The Bertz CT molecular complexity index is 888. The summed E-state index contributed by atoms with van der Waals surface area (Å²) in [6.07, 6.45) is 1.45. The fraction of sp³-hybridized carbons (Fsp3) is 0.300. The third-order valence-electron chi connectivity index (χ3n) is 4.83. The highest BCUT2D eigenvalue weighted by Crippen LogP contribution is 2.28. The van der Waals surface area contributed by atoms with Crippen molar-refractivity contribution in [1.29, 1.82) is 0 Å². The fourth-order valence-corrected chi connectivity index (χ4v) is 3.37. The molecule has 1 saturated heterocycles. The van der Waals surface area contributed by atoms with Crippen molar-refractivity contribution in [1.82, 2.24) is 4.90 Å². The molecule has 1 aliphatic heterocycles. The minimum absolute atomic E-state index is 0.0606. The molecular weight excluding hydrogens is 381 g/mol. The van der Waals surface area contributed by atoms with Crippen molar-refractivity contribution >= 4 is 11.7 Å². The average Bonchev–Trinajstić information content (AvgIpc) is 2.72. The van der Waals surface area contributed by atoms with Gasteiger partial charge in [0.15, 0.2) is 29.1 Å².